The second-order valence-corrected chi connectivity index (χ2v) is 5.84. The van der Waals surface area contributed by atoms with Crippen molar-refractivity contribution in [2.24, 2.45) is 0 Å². The standard InChI is InChI=1S/C12H12N2O5S/c13-6-1-7-14-11(15)8-20(18,19)10-4-2-9(3-5-10)12(16)17/h2-5H,1,7-8H2,(H,14,15)(H,16,17). The lowest BCUT2D eigenvalue weighted by molar-refractivity contribution is -0.118. The van der Waals surface area contributed by atoms with Crippen LogP contribution in [0.25, 0.3) is 0 Å². The van der Waals surface area contributed by atoms with Crippen molar-refractivity contribution in [1.29, 1.82) is 5.26 Å². The van der Waals surface area contributed by atoms with Gasteiger partial charge in [0, 0.05) is 6.54 Å². The summed E-state index contributed by atoms with van der Waals surface area (Å²) in [5.74, 6) is -2.61. The molecular weight excluding hydrogens is 284 g/mol. The number of carbonyl (C=O) groups is 2. The number of nitrogens with one attached hydrogen (secondary N) is 1. The van der Waals surface area contributed by atoms with Crippen LogP contribution in [0.1, 0.15) is 16.8 Å². The highest BCUT2D eigenvalue weighted by atomic mass is 32.2. The van der Waals surface area contributed by atoms with Gasteiger partial charge in [-0.15, -0.1) is 0 Å². The Bertz CT molecular complexity index is 643. The molecule has 0 aliphatic rings. The van der Waals surface area contributed by atoms with Gasteiger partial charge in [-0.25, -0.2) is 13.2 Å². The Labute approximate surface area is 115 Å². The van der Waals surface area contributed by atoms with Crippen LogP contribution < -0.4 is 5.32 Å². The smallest absolute Gasteiger partial charge is 0.335 e. The van der Waals surface area contributed by atoms with Crippen molar-refractivity contribution < 1.29 is 23.1 Å². The number of sulfone groups is 1. The Morgan fingerprint density at radius 3 is 2.35 bits per heavy atom. The molecule has 106 valence electrons. The van der Waals surface area contributed by atoms with Crippen LogP contribution in [-0.4, -0.2) is 37.7 Å². The van der Waals surface area contributed by atoms with E-state index in [0.29, 0.717) is 0 Å². The highest BCUT2D eigenvalue weighted by Gasteiger charge is 2.19. The number of carbonyl (C=O) groups excluding carboxylic acids is 1. The molecule has 0 aromatic heterocycles. The van der Waals surface area contributed by atoms with Crippen LogP contribution in [0, 0.1) is 11.3 Å². The monoisotopic (exact) mass is 296 g/mol. The van der Waals surface area contributed by atoms with Gasteiger partial charge in [-0.05, 0) is 24.3 Å². The highest BCUT2D eigenvalue weighted by molar-refractivity contribution is 7.92. The quantitative estimate of drug-likeness (QED) is 0.722. The fourth-order valence-electron chi connectivity index (χ4n) is 1.37. The minimum atomic E-state index is -3.83. The zero-order valence-electron chi connectivity index (χ0n) is 10.4. The van der Waals surface area contributed by atoms with Crippen LogP contribution in [0.15, 0.2) is 29.2 Å². The van der Waals surface area contributed by atoms with Gasteiger partial charge in [-0.3, -0.25) is 4.79 Å². The summed E-state index contributed by atoms with van der Waals surface area (Å²) in [4.78, 5) is 21.9. The van der Waals surface area contributed by atoms with Crippen molar-refractivity contribution in [3.05, 3.63) is 29.8 Å². The summed E-state index contributed by atoms with van der Waals surface area (Å²) in [6.07, 6.45) is 0.0963. The fraction of sp³-hybridized carbons (Fsp3) is 0.250. The molecule has 2 N–H and O–H groups in total. The molecule has 0 heterocycles. The number of rotatable bonds is 6. The lowest BCUT2D eigenvalue weighted by atomic mass is 10.2. The topological polar surface area (TPSA) is 124 Å². The Hall–Kier alpha value is -2.40. The molecule has 0 spiro atoms. The zero-order valence-corrected chi connectivity index (χ0v) is 11.2. The second kappa shape index (κ2) is 6.68. The van der Waals surface area contributed by atoms with Crippen molar-refractivity contribution in [1.82, 2.24) is 5.32 Å². The third kappa shape index (κ3) is 4.37. The molecule has 1 aromatic carbocycles. The van der Waals surface area contributed by atoms with Crippen LogP contribution in [0.4, 0.5) is 0 Å². The van der Waals surface area contributed by atoms with Gasteiger partial charge in [0.1, 0.15) is 5.75 Å². The number of carboxylic acids is 1. The maximum Gasteiger partial charge on any atom is 0.335 e. The molecule has 0 atom stereocenters. The summed E-state index contributed by atoms with van der Waals surface area (Å²) in [5.41, 5.74) is -0.0394. The van der Waals surface area contributed by atoms with E-state index in [1.54, 1.807) is 0 Å². The average Bonchev–Trinajstić information content (AvgIpc) is 2.38. The highest BCUT2D eigenvalue weighted by Crippen LogP contribution is 2.12. The molecule has 0 radical (unpaired) electrons. The maximum atomic E-state index is 11.9. The largest absolute Gasteiger partial charge is 0.478 e. The number of carboxylic acid groups (broad SMARTS) is 1. The first-order valence-electron chi connectivity index (χ1n) is 5.56. The first kappa shape index (κ1) is 15.7. The summed E-state index contributed by atoms with van der Waals surface area (Å²) in [7, 11) is -3.83. The molecule has 0 aliphatic carbocycles. The van der Waals surface area contributed by atoms with Gasteiger partial charge in [0.2, 0.25) is 5.91 Å². The van der Waals surface area contributed by atoms with E-state index in [4.69, 9.17) is 10.4 Å². The molecule has 20 heavy (non-hydrogen) atoms. The number of amides is 1. The molecule has 0 bridgehead atoms. The SMILES string of the molecule is N#CCCNC(=O)CS(=O)(=O)c1ccc(C(=O)O)cc1. The maximum absolute atomic E-state index is 11.9. The Kier molecular flexibility index (Phi) is 5.23. The minimum Gasteiger partial charge on any atom is -0.478 e. The molecule has 0 fully saturated rings. The Morgan fingerprint density at radius 2 is 1.85 bits per heavy atom. The van der Waals surface area contributed by atoms with Gasteiger partial charge in [0.25, 0.3) is 0 Å². The summed E-state index contributed by atoms with van der Waals surface area (Å²) in [5, 5.41) is 19.3. The predicted octanol–water partition coefficient (Wildman–Crippen LogP) is 0.188. The first-order chi connectivity index (χ1) is 9.36. The lowest BCUT2D eigenvalue weighted by Crippen LogP contribution is -2.30. The van der Waals surface area contributed by atoms with Gasteiger partial charge < -0.3 is 10.4 Å². The van der Waals surface area contributed by atoms with E-state index >= 15 is 0 Å². The fourth-order valence-corrected chi connectivity index (χ4v) is 2.53. The zero-order chi connectivity index (χ0) is 15.2. The van der Waals surface area contributed by atoms with Gasteiger partial charge in [0.15, 0.2) is 9.84 Å². The summed E-state index contributed by atoms with van der Waals surface area (Å²) in [6, 6.07) is 6.41. The summed E-state index contributed by atoms with van der Waals surface area (Å²) < 4.78 is 23.8. The van der Waals surface area contributed by atoms with Crippen molar-refractivity contribution in [3.8, 4) is 6.07 Å². The first-order valence-corrected chi connectivity index (χ1v) is 7.22. The van der Waals surface area contributed by atoms with Gasteiger partial charge >= 0.3 is 5.97 Å². The van der Waals surface area contributed by atoms with Crippen LogP contribution in [0.3, 0.4) is 0 Å². The van der Waals surface area contributed by atoms with E-state index < -0.39 is 27.5 Å². The normalized spacial score (nSPS) is 10.6. The van der Waals surface area contributed by atoms with Crippen molar-refractivity contribution >= 4 is 21.7 Å². The number of hydrogen-bond donors (Lipinski definition) is 2. The molecule has 0 saturated heterocycles. The van der Waals surface area contributed by atoms with E-state index in [0.717, 1.165) is 24.3 Å². The van der Waals surface area contributed by atoms with E-state index in [1.807, 2.05) is 6.07 Å². The van der Waals surface area contributed by atoms with E-state index in [9.17, 15) is 18.0 Å². The van der Waals surface area contributed by atoms with E-state index in [-0.39, 0.29) is 23.4 Å². The Balaban J connectivity index is 2.76. The van der Waals surface area contributed by atoms with Gasteiger partial charge in [-0.2, -0.15) is 5.26 Å². The molecule has 0 unspecified atom stereocenters. The summed E-state index contributed by atoms with van der Waals surface area (Å²) in [6.45, 7) is 0.0861. The molecule has 1 rings (SSSR count). The molecule has 8 heteroatoms. The van der Waals surface area contributed by atoms with Gasteiger partial charge in [0.05, 0.1) is 22.9 Å². The average molecular weight is 296 g/mol. The molecule has 1 aromatic rings. The van der Waals surface area contributed by atoms with Crippen LogP contribution in [-0.2, 0) is 14.6 Å². The summed E-state index contributed by atoms with van der Waals surface area (Å²) >= 11 is 0. The third-order valence-electron chi connectivity index (χ3n) is 2.34. The number of aromatic carboxylic acids is 1. The van der Waals surface area contributed by atoms with Crippen LogP contribution in [0.2, 0.25) is 0 Å². The molecule has 0 saturated carbocycles. The molecule has 7 nitrogen and oxygen atoms in total. The second-order valence-electron chi connectivity index (χ2n) is 3.85. The Morgan fingerprint density at radius 1 is 1.25 bits per heavy atom. The molecule has 1 amide bonds. The van der Waals surface area contributed by atoms with Gasteiger partial charge in [-0.1, -0.05) is 0 Å². The molecule has 0 aliphatic heterocycles. The van der Waals surface area contributed by atoms with Crippen LogP contribution >= 0.6 is 0 Å². The number of nitrogens with zero attached hydrogens (tertiary/aromatic N) is 1. The van der Waals surface area contributed by atoms with Crippen molar-refractivity contribution in [3.63, 3.8) is 0 Å². The number of hydrogen-bond acceptors (Lipinski definition) is 5. The van der Waals surface area contributed by atoms with E-state index in [2.05, 4.69) is 5.32 Å². The number of benzene rings is 1. The van der Waals surface area contributed by atoms with Crippen LogP contribution in [0.5, 0.6) is 0 Å². The molecular formula is C12H12N2O5S. The predicted molar refractivity (Wildman–Crippen MR) is 68.7 cm³/mol. The lowest BCUT2D eigenvalue weighted by Gasteiger charge is -2.05. The number of nitriles is 1. The van der Waals surface area contributed by atoms with E-state index in [1.165, 1.54) is 0 Å². The third-order valence-corrected chi connectivity index (χ3v) is 3.97. The minimum absolute atomic E-state index is 0.0394. The van der Waals surface area contributed by atoms with Crippen molar-refractivity contribution in [2.45, 2.75) is 11.3 Å². The van der Waals surface area contributed by atoms with Crippen molar-refractivity contribution in [2.75, 3.05) is 12.3 Å².